The topological polar surface area (TPSA) is 72.2 Å². The highest BCUT2D eigenvalue weighted by molar-refractivity contribution is 5.93. The zero-order valence-electron chi connectivity index (χ0n) is 18.8. The standard InChI is InChI=1S/C24H32N2O5/c1-24(2,3)31-23(28)25(4)15-18-9-8-13-26(16-18)22(27)21-19(12-14-29-21)17-30-20-10-6-5-7-11-20/h5-7,10-12,14,18H,8-9,13,15-17H2,1-4H3. The SMILES string of the molecule is CN(CC1CCCN(C(=O)c2occc2COc2ccccc2)C1)C(=O)OC(C)(C)C. The molecule has 7 heteroatoms. The molecule has 1 saturated heterocycles. The van der Waals surface area contributed by atoms with E-state index >= 15 is 0 Å². The second-order valence-corrected chi connectivity index (χ2v) is 9.00. The molecule has 0 spiro atoms. The summed E-state index contributed by atoms with van der Waals surface area (Å²) in [6, 6.07) is 11.2. The summed E-state index contributed by atoms with van der Waals surface area (Å²) < 4.78 is 16.7. The predicted molar refractivity (Wildman–Crippen MR) is 117 cm³/mol. The lowest BCUT2D eigenvalue weighted by Crippen LogP contribution is -2.45. The monoisotopic (exact) mass is 428 g/mol. The van der Waals surface area contributed by atoms with E-state index in [2.05, 4.69) is 0 Å². The minimum Gasteiger partial charge on any atom is -0.489 e. The van der Waals surface area contributed by atoms with Gasteiger partial charge in [0, 0.05) is 32.2 Å². The number of para-hydroxylation sites is 1. The van der Waals surface area contributed by atoms with Crippen molar-refractivity contribution in [1.82, 2.24) is 9.80 Å². The molecule has 1 fully saturated rings. The first-order valence-corrected chi connectivity index (χ1v) is 10.7. The van der Waals surface area contributed by atoms with Gasteiger partial charge >= 0.3 is 6.09 Å². The minimum atomic E-state index is -0.530. The maximum Gasteiger partial charge on any atom is 0.410 e. The van der Waals surface area contributed by atoms with Crippen molar-refractivity contribution in [2.75, 3.05) is 26.7 Å². The summed E-state index contributed by atoms with van der Waals surface area (Å²) >= 11 is 0. The van der Waals surface area contributed by atoms with Gasteiger partial charge in [0.25, 0.3) is 5.91 Å². The Morgan fingerprint density at radius 2 is 1.94 bits per heavy atom. The van der Waals surface area contributed by atoms with E-state index in [1.165, 1.54) is 6.26 Å². The first-order chi connectivity index (χ1) is 14.7. The lowest BCUT2D eigenvalue weighted by atomic mass is 9.97. The van der Waals surface area contributed by atoms with Gasteiger partial charge in [0.05, 0.1) is 6.26 Å². The van der Waals surface area contributed by atoms with Crippen molar-refractivity contribution < 1.29 is 23.5 Å². The first kappa shape index (κ1) is 22.7. The van der Waals surface area contributed by atoms with Crippen molar-refractivity contribution >= 4 is 12.0 Å². The first-order valence-electron chi connectivity index (χ1n) is 10.7. The number of rotatable bonds is 6. The third-order valence-corrected chi connectivity index (χ3v) is 5.12. The molecule has 0 radical (unpaired) electrons. The van der Waals surface area contributed by atoms with E-state index in [-0.39, 0.29) is 24.5 Å². The summed E-state index contributed by atoms with van der Waals surface area (Å²) in [5, 5.41) is 0. The molecule has 0 bridgehead atoms. The maximum absolute atomic E-state index is 13.1. The Balaban J connectivity index is 1.57. The van der Waals surface area contributed by atoms with Crippen molar-refractivity contribution in [2.24, 2.45) is 5.92 Å². The molecule has 1 aromatic carbocycles. The molecule has 0 N–H and O–H groups in total. The Kier molecular flexibility index (Phi) is 7.25. The van der Waals surface area contributed by atoms with Crippen molar-refractivity contribution in [2.45, 2.75) is 45.8 Å². The van der Waals surface area contributed by atoms with Crippen LogP contribution in [0.2, 0.25) is 0 Å². The van der Waals surface area contributed by atoms with Crippen LogP contribution in [0, 0.1) is 5.92 Å². The quantitative estimate of drug-likeness (QED) is 0.674. The number of benzene rings is 1. The van der Waals surface area contributed by atoms with Crippen LogP contribution in [-0.2, 0) is 11.3 Å². The van der Waals surface area contributed by atoms with E-state index in [4.69, 9.17) is 13.9 Å². The highest BCUT2D eigenvalue weighted by Crippen LogP contribution is 2.23. The summed E-state index contributed by atoms with van der Waals surface area (Å²) in [4.78, 5) is 28.8. The predicted octanol–water partition coefficient (Wildman–Crippen LogP) is 4.58. The summed E-state index contributed by atoms with van der Waals surface area (Å²) in [6.45, 7) is 7.60. The second kappa shape index (κ2) is 9.90. The Hall–Kier alpha value is -2.96. The van der Waals surface area contributed by atoms with Crippen LogP contribution in [-0.4, -0.2) is 54.1 Å². The van der Waals surface area contributed by atoms with Crippen LogP contribution in [0.1, 0.15) is 49.7 Å². The number of carbonyl (C=O) groups is 2. The van der Waals surface area contributed by atoms with Crippen LogP contribution in [0.4, 0.5) is 4.79 Å². The summed E-state index contributed by atoms with van der Waals surface area (Å²) in [7, 11) is 1.74. The molecule has 31 heavy (non-hydrogen) atoms. The summed E-state index contributed by atoms with van der Waals surface area (Å²) in [5.74, 6) is 1.11. The molecule has 1 aromatic heterocycles. The number of likely N-dealkylation sites (tertiary alicyclic amines) is 1. The van der Waals surface area contributed by atoms with Crippen LogP contribution in [0.15, 0.2) is 47.1 Å². The van der Waals surface area contributed by atoms with Gasteiger partial charge < -0.3 is 23.7 Å². The maximum atomic E-state index is 13.1. The van der Waals surface area contributed by atoms with Gasteiger partial charge in [-0.2, -0.15) is 0 Å². The summed E-state index contributed by atoms with van der Waals surface area (Å²) in [5.41, 5.74) is 0.194. The molecule has 2 aromatic rings. The van der Waals surface area contributed by atoms with Crippen LogP contribution >= 0.6 is 0 Å². The molecule has 0 aliphatic carbocycles. The molecular weight excluding hydrogens is 396 g/mol. The number of hydrogen-bond acceptors (Lipinski definition) is 5. The molecule has 0 saturated carbocycles. The second-order valence-electron chi connectivity index (χ2n) is 9.00. The molecule has 1 atom stereocenters. The fourth-order valence-corrected chi connectivity index (χ4v) is 3.66. The molecule has 7 nitrogen and oxygen atoms in total. The Labute approximate surface area is 183 Å². The molecule has 1 unspecified atom stereocenters. The van der Waals surface area contributed by atoms with Gasteiger partial charge in [0.2, 0.25) is 0 Å². The largest absolute Gasteiger partial charge is 0.489 e. The smallest absolute Gasteiger partial charge is 0.410 e. The average Bonchev–Trinajstić information content (AvgIpc) is 3.20. The van der Waals surface area contributed by atoms with Crippen molar-refractivity contribution in [3.63, 3.8) is 0 Å². The Bertz CT molecular complexity index is 872. The van der Waals surface area contributed by atoms with Gasteiger partial charge in [0.1, 0.15) is 18.0 Å². The third kappa shape index (κ3) is 6.51. The van der Waals surface area contributed by atoms with E-state index in [0.29, 0.717) is 25.4 Å². The van der Waals surface area contributed by atoms with Crippen molar-refractivity contribution in [3.8, 4) is 5.75 Å². The third-order valence-electron chi connectivity index (χ3n) is 5.12. The molecule has 1 aliphatic rings. The van der Waals surface area contributed by atoms with Gasteiger partial charge in [0.15, 0.2) is 5.76 Å². The van der Waals surface area contributed by atoms with Crippen LogP contribution in [0.3, 0.4) is 0 Å². The number of ether oxygens (including phenoxy) is 2. The minimum absolute atomic E-state index is 0.138. The normalized spacial score (nSPS) is 16.6. The lowest BCUT2D eigenvalue weighted by molar-refractivity contribution is 0.0242. The van der Waals surface area contributed by atoms with Crippen LogP contribution in [0.25, 0.3) is 0 Å². The Morgan fingerprint density at radius 3 is 2.65 bits per heavy atom. The van der Waals surface area contributed by atoms with E-state index < -0.39 is 5.60 Å². The highest BCUT2D eigenvalue weighted by atomic mass is 16.6. The number of piperidine rings is 1. The van der Waals surface area contributed by atoms with Gasteiger partial charge in [-0.1, -0.05) is 18.2 Å². The Morgan fingerprint density at radius 1 is 1.19 bits per heavy atom. The number of amides is 2. The number of hydrogen-bond donors (Lipinski definition) is 0. The summed E-state index contributed by atoms with van der Waals surface area (Å²) in [6.07, 6.45) is 3.02. The van der Waals surface area contributed by atoms with E-state index in [1.807, 2.05) is 56.0 Å². The van der Waals surface area contributed by atoms with E-state index in [1.54, 1.807) is 18.0 Å². The van der Waals surface area contributed by atoms with Gasteiger partial charge in [-0.3, -0.25) is 4.79 Å². The molecule has 2 amide bonds. The van der Waals surface area contributed by atoms with Gasteiger partial charge in [-0.05, 0) is 57.7 Å². The zero-order valence-corrected chi connectivity index (χ0v) is 18.8. The van der Waals surface area contributed by atoms with E-state index in [9.17, 15) is 9.59 Å². The van der Waals surface area contributed by atoms with Gasteiger partial charge in [-0.25, -0.2) is 4.79 Å². The van der Waals surface area contributed by atoms with Crippen molar-refractivity contribution in [3.05, 3.63) is 54.0 Å². The fourth-order valence-electron chi connectivity index (χ4n) is 3.66. The van der Waals surface area contributed by atoms with Crippen LogP contribution < -0.4 is 4.74 Å². The molecule has 3 rings (SSSR count). The van der Waals surface area contributed by atoms with Crippen LogP contribution in [0.5, 0.6) is 5.75 Å². The van der Waals surface area contributed by atoms with Crippen molar-refractivity contribution in [1.29, 1.82) is 0 Å². The lowest BCUT2D eigenvalue weighted by Gasteiger charge is -2.34. The molecule has 1 aliphatic heterocycles. The number of carbonyl (C=O) groups excluding carboxylic acids is 2. The highest BCUT2D eigenvalue weighted by Gasteiger charge is 2.30. The fraction of sp³-hybridized carbons (Fsp3) is 0.500. The van der Waals surface area contributed by atoms with Gasteiger partial charge in [-0.15, -0.1) is 0 Å². The molecular formula is C24H32N2O5. The van der Waals surface area contributed by atoms with E-state index in [0.717, 1.165) is 24.2 Å². The molecule has 2 heterocycles. The average molecular weight is 429 g/mol. The number of furan rings is 1. The zero-order chi connectivity index (χ0) is 22.4. The molecule has 168 valence electrons. The number of nitrogens with zero attached hydrogens (tertiary/aromatic N) is 2.